The molecule has 0 atom stereocenters. The minimum Gasteiger partial charge on any atom is -0.348 e. The second-order valence-electron chi connectivity index (χ2n) is 6.12. The van der Waals surface area contributed by atoms with E-state index in [2.05, 4.69) is 53.9 Å². The molecule has 1 aromatic rings. The molecule has 0 aromatic carbocycles. The van der Waals surface area contributed by atoms with Gasteiger partial charge in [-0.3, -0.25) is 4.90 Å². The molecule has 0 bridgehead atoms. The van der Waals surface area contributed by atoms with E-state index in [-0.39, 0.29) is 5.54 Å². The summed E-state index contributed by atoms with van der Waals surface area (Å²) in [6, 6.07) is 4.44. The van der Waals surface area contributed by atoms with Gasteiger partial charge in [0, 0.05) is 43.6 Å². The number of fused-ring (bicyclic) bond motifs is 2. The molecule has 0 unspecified atom stereocenters. The van der Waals surface area contributed by atoms with Gasteiger partial charge in [0.1, 0.15) is 0 Å². The van der Waals surface area contributed by atoms with Crippen molar-refractivity contribution in [1.82, 2.24) is 14.8 Å². The zero-order valence-corrected chi connectivity index (χ0v) is 10.5. The van der Waals surface area contributed by atoms with Crippen molar-refractivity contribution < 1.29 is 0 Å². The van der Waals surface area contributed by atoms with Crippen LogP contribution in [0, 0.1) is 0 Å². The quantitative estimate of drug-likeness (QED) is 0.712. The van der Waals surface area contributed by atoms with Crippen LogP contribution in [0.4, 0.5) is 0 Å². The van der Waals surface area contributed by atoms with E-state index in [0.29, 0.717) is 5.54 Å². The van der Waals surface area contributed by atoms with Gasteiger partial charge in [-0.15, -0.1) is 0 Å². The van der Waals surface area contributed by atoms with E-state index in [1.54, 1.807) is 0 Å². The van der Waals surface area contributed by atoms with Gasteiger partial charge in [0.15, 0.2) is 0 Å². The maximum absolute atomic E-state index is 3.71. The average molecular weight is 219 g/mol. The number of likely N-dealkylation sites (tertiary alicyclic amines) is 1. The summed E-state index contributed by atoms with van der Waals surface area (Å²) >= 11 is 0. The maximum Gasteiger partial charge on any atom is 0.0846 e. The molecule has 0 radical (unpaired) electrons. The van der Waals surface area contributed by atoms with E-state index in [1.165, 1.54) is 5.69 Å². The molecule has 1 N–H and O–H groups in total. The van der Waals surface area contributed by atoms with Crippen LogP contribution in [0.15, 0.2) is 18.3 Å². The van der Waals surface area contributed by atoms with E-state index in [0.717, 1.165) is 26.2 Å². The Morgan fingerprint density at radius 2 is 2.06 bits per heavy atom. The summed E-state index contributed by atoms with van der Waals surface area (Å²) in [5.74, 6) is 0. The molecule has 1 aromatic heterocycles. The zero-order valence-electron chi connectivity index (χ0n) is 10.5. The predicted molar refractivity (Wildman–Crippen MR) is 65.4 cm³/mol. The van der Waals surface area contributed by atoms with E-state index >= 15 is 0 Å². The molecular formula is C13H21N3. The first kappa shape index (κ1) is 10.4. The zero-order chi connectivity index (χ0) is 11.4. The highest BCUT2D eigenvalue weighted by Gasteiger charge is 2.49. The van der Waals surface area contributed by atoms with Gasteiger partial charge < -0.3 is 9.88 Å². The smallest absolute Gasteiger partial charge is 0.0846 e. The molecule has 2 aliphatic rings. The fourth-order valence-corrected chi connectivity index (χ4v) is 2.90. The minimum atomic E-state index is 0.231. The lowest BCUT2D eigenvalue weighted by molar-refractivity contribution is -0.0380. The topological polar surface area (TPSA) is 20.2 Å². The molecule has 3 heteroatoms. The van der Waals surface area contributed by atoms with Crippen molar-refractivity contribution in [2.75, 3.05) is 19.6 Å². The molecule has 0 aliphatic carbocycles. The molecule has 2 aliphatic heterocycles. The van der Waals surface area contributed by atoms with Gasteiger partial charge in [-0.05, 0) is 32.9 Å². The molecule has 88 valence electrons. The van der Waals surface area contributed by atoms with Gasteiger partial charge in [0.25, 0.3) is 0 Å². The number of hydrogen-bond acceptors (Lipinski definition) is 2. The number of hydrogen-bond donors (Lipinski definition) is 1. The van der Waals surface area contributed by atoms with Crippen molar-refractivity contribution in [1.29, 1.82) is 0 Å². The third-order valence-electron chi connectivity index (χ3n) is 4.01. The Kier molecular flexibility index (Phi) is 2.01. The summed E-state index contributed by atoms with van der Waals surface area (Å²) in [4.78, 5) is 2.54. The standard InChI is InChI=1S/C13H21N3/c1-12(2,3)16-9-13(10-16)11-5-4-7-15(11)8-6-14-13/h4-5,7,14H,6,8-10H2,1-3H3. The van der Waals surface area contributed by atoms with Crippen molar-refractivity contribution >= 4 is 0 Å². The SMILES string of the molecule is CC(C)(C)N1CC2(C1)NCCn1cccc12. The monoisotopic (exact) mass is 219 g/mol. The fourth-order valence-electron chi connectivity index (χ4n) is 2.90. The summed E-state index contributed by atoms with van der Waals surface area (Å²) in [7, 11) is 0. The third kappa shape index (κ3) is 1.35. The highest BCUT2D eigenvalue weighted by Crippen LogP contribution is 2.37. The third-order valence-corrected chi connectivity index (χ3v) is 4.01. The van der Waals surface area contributed by atoms with Crippen LogP contribution in [0.25, 0.3) is 0 Å². The highest BCUT2D eigenvalue weighted by atomic mass is 15.3. The number of rotatable bonds is 0. The van der Waals surface area contributed by atoms with Crippen LogP contribution in [0.5, 0.6) is 0 Å². The van der Waals surface area contributed by atoms with E-state index in [1.807, 2.05) is 0 Å². The Balaban J connectivity index is 1.85. The Hall–Kier alpha value is -0.800. The van der Waals surface area contributed by atoms with E-state index in [4.69, 9.17) is 0 Å². The van der Waals surface area contributed by atoms with Crippen molar-refractivity contribution in [3.8, 4) is 0 Å². The van der Waals surface area contributed by atoms with Crippen LogP contribution in [-0.2, 0) is 12.1 Å². The number of aromatic nitrogens is 1. The molecule has 16 heavy (non-hydrogen) atoms. The Labute approximate surface area is 97.4 Å². The first-order valence-corrected chi connectivity index (χ1v) is 6.17. The Morgan fingerprint density at radius 3 is 2.75 bits per heavy atom. The van der Waals surface area contributed by atoms with Gasteiger partial charge in [0.2, 0.25) is 0 Å². The van der Waals surface area contributed by atoms with Gasteiger partial charge in [-0.1, -0.05) is 0 Å². The molecule has 0 amide bonds. The van der Waals surface area contributed by atoms with Crippen molar-refractivity contribution in [3.63, 3.8) is 0 Å². The van der Waals surface area contributed by atoms with Crippen molar-refractivity contribution in [2.45, 2.75) is 38.4 Å². The van der Waals surface area contributed by atoms with Crippen LogP contribution < -0.4 is 5.32 Å². The van der Waals surface area contributed by atoms with Crippen LogP contribution in [0.3, 0.4) is 0 Å². The van der Waals surface area contributed by atoms with Crippen molar-refractivity contribution in [2.24, 2.45) is 0 Å². The summed E-state index contributed by atoms with van der Waals surface area (Å²) < 4.78 is 2.40. The fraction of sp³-hybridized carbons (Fsp3) is 0.692. The molecule has 0 saturated carbocycles. The Morgan fingerprint density at radius 1 is 1.31 bits per heavy atom. The molecular weight excluding hydrogens is 198 g/mol. The molecule has 3 nitrogen and oxygen atoms in total. The summed E-state index contributed by atoms with van der Waals surface area (Å²) in [6.07, 6.45) is 2.21. The van der Waals surface area contributed by atoms with Gasteiger partial charge in [-0.2, -0.15) is 0 Å². The predicted octanol–water partition coefficient (Wildman–Crippen LogP) is 1.40. The van der Waals surface area contributed by atoms with Gasteiger partial charge in [0.05, 0.1) is 5.54 Å². The molecule has 1 spiro atoms. The van der Waals surface area contributed by atoms with Crippen LogP contribution >= 0.6 is 0 Å². The average Bonchev–Trinajstić information content (AvgIpc) is 2.59. The summed E-state index contributed by atoms with van der Waals surface area (Å²) in [6.45, 7) is 11.4. The molecule has 1 fully saturated rings. The second kappa shape index (κ2) is 3.11. The number of nitrogens with one attached hydrogen (secondary N) is 1. The molecule has 1 saturated heterocycles. The minimum absolute atomic E-state index is 0.231. The molecule has 3 heterocycles. The first-order chi connectivity index (χ1) is 7.51. The lowest BCUT2D eigenvalue weighted by atomic mass is 9.81. The molecule has 3 rings (SSSR count). The summed E-state index contributed by atoms with van der Waals surface area (Å²) in [5, 5.41) is 3.71. The first-order valence-electron chi connectivity index (χ1n) is 6.17. The van der Waals surface area contributed by atoms with Crippen LogP contribution in [0.1, 0.15) is 26.5 Å². The summed E-state index contributed by atoms with van der Waals surface area (Å²) in [5.41, 5.74) is 2.00. The van der Waals surface area contributed by atoms with Crippen molar-refractivity contribution in [3.05, 3.63) is 24.0 Å². The maximum atomic E-state index is 3.71. The lowest BCUT2D eigenvalue weighted by Crippen LogP contribution is -2.72. The Bertz CT molecular complexity index is 394. The lowest BCUT2D eigenvalue weighted by Gasteiger charge is -2.57. The highest BCUT2D eigenvalue weighted by molar-refractivity contribution is 5.26. The van der Waals surface area contributed by atoms with Crippen LogP contribution in [-0.4, -0.2) is 34.6 Å². The van der Waals surface area contributed by atoms with E-state index < -0.39 is 0 Å². The normalized spacial score (nSPS) is 24.2. The second-order valence-corrected chi connectivity index (χ2v) is 6.12. The van der Waals surface area contributed by atoms with E-state index in [9.17, 15) is 0 Å². The van der Waals surface area contributed by atoms with Gasteiger partial charge >= 0.3 is 0 Å². The van der Waals surface area contributed by atoms with Gasteiger partial charge in [-0.25, -0.2) is 0 Å². The number of nitrogens with zero attached hydrogens (tertiary/aromatic N) is 2. The largest absolute Gasteiger partial charge is 0.348 e. The van der Waals surface area contributed by atoms with Crippen LogP contribution in [0.2, 0.25) is 0 Å².